The molecule has 1 aliphatic rings. The molecule has 1 aromatic carbocycles. The van der Waals surface area contributed by atoms with Crippen molar-refractivity contribution in [3.05, 3.63) is 29.8 Å². The van der Waals surface area contributed by atoms with E-state index in [4.69, 9.17) is 4.74 Å². The predicted molar refractivity (Wildman–Crippen MR) is 85.1 cm³/mol. The number of ether oxygens (including phenoxy) is 1. The zero-order valence-corrected chi connectivity index (χ0v) is 13.0. The molecular formula is C18H29NO. The summed E-state index contributed by atoms with van der Waals surface area (Å²) in [6.07, 6.45) is 7.07. The topological polar surface area (TPSA) is 21.3 Å². The Balaban J connectivity index is 1.79. The summed E-state index contributed by atoms with van der Waals surface area (Å²) in [7, 11) is 0. The summed E-state index contributed by atoms with van der Waals surface area (Å²) in [5, 5.41) is 3.62. The highest BCUT2D eigenvalue weighted by atomic mass is 16.5. The van der Waals surface area contributed by atoms with Crippen molar-refractivity contribution in [3.63, 3.8) is 0 Å². The molecule has 0 amide bonds. The maximum atomic E-state index is 5.90. The Morgan fingerprint density at radius 1 is 1.15 bits per heavy atom. The van der Waals surface area contributed by atoms with Crippen LogP contribution >= 0.6 is 0 Å². The first-order chi connectivity index (χ1) is 9.75. The van der Waals surface area contributed by atoms with Gasteiger partial charge in [0, 0.05) is 12.1 Å². The molecule has 0 saturated heterocycles. The molecule has 0 aromatic heterocycles. The Morgan fingerprint density at radius 2 is 1.90 bits per heavy atom. The Labute approximate surface area is 123 Å². The molecule has 20 heavy (non-hydrogen) atoms. The number of benzene rings is 1. The highest BCUT2D eigenvalue weighted by molar-refractivity contribution is 5.33. The smallest absolute Gasteiger partial charge is 0.123 e. The van der Waals surface area contributed by atoms with Crippen molar-refractivity contribution < 1.29 is 4.74 Å². The Hall–Kier alpha value is -1.02. The predicted octanol–water partition coefficient (Wildman–Crippen LogP) is 4.39. The Morgan fingerprint density at radius 3 is 2.65 bits per heavy atom. The lowest BCUT2D eigenvalue weighted by Gasteiger charge is -2.22. The van der Waals surface area contributed by atoms with Gasteiger partial charge in [0.25, 0.3) is 0 Å². The van der Waals surface area contributed by atoms with Crippen LogP contribution in [0, 0.1) is 11.8 Å². The van der Waals surface area contributed by atoms with E-state index in [9.17, 15) is 0 Å². The largest absolute Gasteiger partial charge is 0.493 e. The third-order valence-electron chi connectivity index (χ3n) is 4.02. The van der Waals surface area contributed by atoms with Crippen LogP contribution < -0.4 is 10.1 Å². The molecule has 0 bridgehead atoms. The molecule has 1 saturated carbocycles. The molecular weight excluding hydrogens is 246 g/mol. The van der Waals surface area contributed by atoms with Gasteiger partial charge in [0.05, 0.1) is 6.61 Å². The van der Waals surface area contributed by atoms with Gasteiger partial charge in [-0.05, 0) is 37.3 Å². The summed E-state index contributed by atoms with van der Waals surface area (Å²) in [6.45, 7) is 7.23. The normalized spacial score (nSPS) is 16.6. The van der Waals surface area contributed by atoms with Crippen LogP contribution in [0.4, 0.5) is 0 Å². The average Bonchev–Trinajstić information content (AvgIpc) is 2.47. The molecule has 2 rings (SSSR count). The van der Waals surface area contributed by atoms with Crippen LogP contribution in [0.2, 0.25) is 0 Å². The SMILES string of the molecule is CC(C)COc1ccccc1CNCC1CCCCC1. The maximum absolute atomic E-state index is 5.90. The van der Waals surface area contributed by atoms with E-state index in [0.29, 0.717) is 5.92 Å². The van der Waals surface area contributed by atoms with Gasteiger partial charge in [-0.2, -0.15) is 0 Å². The van der Waals surface area contributed by atoms with Gasteiger partial charge in [-0.1, -0.05) is 51.3 Å². The Bertz CT molecular complexity index is 383. The van der Waals surface area contributed by atoms with Crippen LogP contribution in [0.3, 0.4) is 0 Å². The number of hydrogen-bond donors (Lipinski definition) is 1. The van der Waals surface area contributed by atoms with E-state index in [2.05, 4.69) is 43.4 Å². The van der Waals surface area contributed by atoms with E-state index < -0.39 is 0 Å². The van der Waals surface area contributed by atoms with Crippen LogP contribution in [0.15, 0.2) is 24.3 Å². The first-order valence-corrected chi connectivity index (χ1v) is 8.17. The van der Waals surface area contributed by atoms with Gasteiger partial charge >= 0.3 is 0 Å². The molecule has 112 valence electrons. The molecule has 1 aromatic rings. The molecule has 0 heterocycles. The number of para-hydroxylation sites is 1. The molecule has 2 heteroatoms. The van der Waals surface area contributed by atoms with Crippen LogP contribution in [0.25, 0.3) is 0 Å². The van der Waals surface area contributed by atoms with Crippen molar-refractivity contribution in [2.45, 2.75) is 52.5 Å². The van der Waals surface area contributed by atoms with E-state index in [-0.39, 0.29) is 0 Å². The lowest BCUT2D eigenvalue weighted by molar-refractivity contribution is 0.267. The van der Waals surface area contributed by atoms with Crippen LogP contribution in [-0.4, -0.2) is 13.2 Å². The fourth-order valence-electron chi connectivity index (χ4n) is 2.85. The van der Waals surface area contributed by atoms with Crippen molar-refractivity contribution in [2.24, 2.45) is 11.8 Å². The lowest BCUT2D eigenvalue weighted by atomic mass is 9.89. The summed E-state index contributed by atoms with van der Waals surface area (Å²) in [5.74, 6) is 2.49. The quantitative estimate of drug-likeness (QED) is 0.797. The highest BCUT2D eigenvalue weighted by Gasteiger charge is 2.13. The minimum atomic E-state index is 0.568. The van der Waals surface area contributed by atoms with Gasteiger partial charge in [-0.25, -0.2) is 0 Å². The third kappa shape index (κ3) is 5.16. The summed E-state index contributed by atoms with van der Waals surface area (Å²) in [5.41, 5.74) is 1.28. The van der Waals surface area contributed by atoms with E-state index in [1.54, 1.807) is 0 Å². The van der Waals surface area contributed by atoms with Gasteiger partial charge in [-0.3, -0.25) is 0 Å². The maximum Gasteiger partial charge on any atom is 0.123 e. The highest BCUT2D eigenvalue weighted by Crippen LogP contribution is 2.23. The number of rotatable bonds is 7. The monoisotopic (exact) mass is 275 g/mol. The average molecular weight is 275 g/mol. The van der Waals surface area contributed by atoms with Gasteiger partial charge in [0.1, 0.15) is 5.75 Å². The second-order valence-corrected chi connectivity index (χ2v) is 6.45. The van der Waals surface area contributed by atoms with Crippen LogP contribution in [-0.2, 0) is 6.54 Å². The molecule has 0 radical (unpaired) electrons. The lowest BCUT2D eigenvalue weighted by Crippen LogP contribution is -2.24. The zero-order chi connectivity index (χ0) is 14.2. The number of hydrogen-bond acceptors (Lipinski definition) is 2. The van der Waals surface area contributed by atoms with Crippen molar-refractivity contribution in [2.75, 3.05) is 13.2 Å². The van der Waals surface area contributed by atoms with Crippen molar-refractivity contribution in [3.8, 4) is 5.75 Å². The van der Waals surface area contributed by atoms with Crippen LogP contribution in [0.1, 0.15) is 51.5 Å². The summed E-state index contributed by atoms with van der Waals surface area (Å²) in [4.78, 5) is 0. The van der Waals surface area contributed by atoms with Crippen molar-refractivity contribution in [1.82, 2.24) is 5.32 Å². The summed E-state index contributed by atoms with van der Waals surface area (Å²) < 4.78 is 5.90. The van der Waals surface area contributed by atoms with Crippen molar-refractivity contribution >= 4 is 0 Å². The summed E-state index contributed by atoms with van der Waals surface area (Å²) in [6, 6.07) is 8.41. The second-order valence-electron chi connectivity index (χ2n) is 6.45. The third-order valence-corrected chi connectivity index (χ3v) is 4.02. The van der Waals surface area contributed by atoms with E-state index in [0.717, 1.165) is 31.4 Å². The van der Waals surface area contributed by atoms with Crippen molar-refractivity contribution in [1.29, 1.82) is 0 Å². The zero-order valence-electron chi connectivity index (χ0n) is 13.0. The fourth-order valence-corrected chi connectivity index (χ4v) is 2.85. The minimum absolute atomic E-state index is 0.568. The first-order valence-electron chi connectivity index (χ1n) is 8.17. The molecule has 1 fully saturated rings. The molecule has 0 atom stereocenters. The standard InChI is InChI=1S/C18H29NO/c1-15(2)14-20-18-11-7-6-10-17(18)13-19-12-16-8-4-3-5-9-16/h6-7,10-11,15-16,19H,3-5,8-9,12-14H2,1-2H3. The molecule has 0 spiro atoms. The van der Waals surface area contributed by atoms with E-state index in [1.807, 2.05) is 0 Å². The molecule has 1 N–H and O–H groups in total. The van der Waals surface area contributed by atoms with Gasteiger partial charge in [-0.15, -0.1) is 0 Å². The molecule has 2 nitrogen and oxygen atoms in total. The summed E-state index contributed by atoms with van der Waals surface area (Å²) >= 11 is 0. The van der Waals surface area contributed by atoms with Gasteiger partial charge in [0.15, 0.2) is 0 Å². The van der Waals surface area contributed by atoms with Gasteiger partial charge in [0.2, 0.25) is 0 Å². The molecule has 1 aliphatic carbocycles. The minimum Gasteiger partial charge on any atom is -0.493 e. The van der Waals surface area contributed by atoms with Gasteiger partial charge < -0.3 is 10.1 Å². The second kappa shape index (κ2) is 8.31. The fraction of sp³-hybridized carbons (Fsp3) is 0.667. The number of nitrogens with one attached hydrogen (secondary N) is 1. The first kappa shape index (κ1) is 15.4. The Kier molecular flexibility index (Phi) is 6.38. The molecule has 0 aliphatic heterocycles. The van der Waals surface area contributed by atoms with E-state index >= 15 is 0 Å². The van der Waals surface area contributed by atoms with Crippen LogP contribution in [0.5, 0.6) is 5.75 Å². The van der Waals surface area contributed by atoms with E-state index in [1.165, 1.54) is 37.7 Å². The molecule has 0 unspecified atom stereocenters.